The number of hydrogen-bond acceptors (Lipinski definition) is 3. The van der Waals surface area contributed by atoms with E-state index in [9.17, 15) is 0 Å². The zero-order chi connectivity index (χ0) is 13.5. The lowest BCUT2D eigenvalue weighted by Crippen LogP contribution is -2.34. The summed E-state index contributed by atoms with van der Waals surface area (Å²) in [5.74, 6) is 0. The average molecular weight is 250 g/mol. The van der Waals surface area contributed by atoms with Crippen LogP contribution < -0.4 is 10.2 Å². The molecule has 0 heterocycles. The molecule has 0 radical (unpaired) electrons. The predicted molar refractivity (Wildman–Crippen MR) is 78.2 cm³/mol. The molecule has 1 atom stereocenters. The highest BCUT2D eigenvalue weighted by molar-refractivity contribution is 5.53. The van der Waals surface area contributed by atoms with Gasteiger partial charge in [0, 0.05) is 38.5 Å². The summed E-state index contributed by atoms with van der Waals surface area (Å²) in [5, 5.41) is 3.47. The van der Waals surface area contributed by atoms with E-state index in [4.69, 9.17) is 4.74 Å². The highest BCUT2D eigenvalue weighted by Gasteiger charge is 2.12. The van der Waals surface area contributed by atoms with Crippen molar-refractivity contribution in [2.75, 3.05) is 25.7 Å². The average Bonchev–Trinajstić information content (AvgIpc) is 2.36. The van der Waals surface area contributed by atoms with Gasteiger partial charge in [0.2, 0.25) is 0 Å². The largest absolute Gasteiger partial charge is 0.383 e. The Morgan fingerprint density at radius 2 is 1.89 bits per heavy atom. The number of methoxy groups -OCH3 is 1. The predicted octanol–water partition coefficient (Wildman–Crippen LogP) is 2.66. The maximum atomic E-state index is 5.23. The van der Waals surface area contributed by atoms with Gasteiger partial charge in [-0.3, -0.25) is 0 Å². The molecule has 0 saturated carbocycles. The summed E-state index contributed by atoms with van der Waals surface area (Å²) in [6, 6.07) is 9.40. The molecule has 18 heavy (non-hydrogen) atoms. The highest BCUT2D eigenvalue weighted by atomic mass is 16.5. The Morgan fingerprint density at radius 3 is 2.50 bits per heavy atom. The molecule has 102 valence electrons. The molecular weight excluding hydrogens is 224 g/mol. The van der Waals surface area contributed by atoms with Crippen molar-refractivity contribution in [1.29, 1.82) is 0 Å². The Kier molecular flexibility index (Phi) is 6.16. The molecule has 1 aromatic carbocycles. The van der Waals surface area contributed by atoms with E-state index < -0.39 is 0 Å². The fourth-order valence-corrected chi connectivity index (χ4v) is 1.91. The molecule has 1 N–H and O–H groups in total. The molecule has 1 rings (SSSR count). The SMILES string of the molecule is COCC(C)N(C)c1ccccc1CNC(C)C. The van der Waals surface area contributed by atoms with Gasteiger partial charge in [-0.2, -0.15) is 0 Å². The molecule has 0 aliphatic carbocycles. The molecule has 0 aliphatic rings. The molecule has 3 nitrogen and oxygen atoms in total. The summed E-state index contributed by atoms with van der Waals surface area (Å²) in [6.07, 6.45) is 0. The van der Waals surface area contributed by atoms with Gasteiger partial charge in [-0.05, 0) is 18.6 Å². The molecule has 0 saturated heterocycles. The van der Waals surface area contributed by atoms with Crippen molar-refractivity contribution in [2.45, 2.75) is 39.4 Å². The van der Waals surface area contributed by atoms with Crippen LogP contribution >= 0.6 is 0 Å². The molecule has 0 spiro atoms. The van der Waals surface area contributed by atoms with Crippen molar-refractivity contribution in [2.24, 2.45) is 0 Å². The second-order valence-electron chi connectivity index (χ2n) is 5.08. The van der Waals surface area contributed by atoms with Crippen LogP contribution in [0.2, 0.25) is 0 Å². The smallest absolute Gasteiger partial charge is 0.0663 e. The first-order valence-electron chi connectivity index (χ1n) is 6.59. The van der Waals surface area contributed by atoms with E-state index in [0.29, 0.717) is 12.1 Å². The molecule has 0 bridgehead atoms. The van der Waals surface area contributed by atoms with Gasteiger partial charge in [-0.15, -0.1) is 0 Å². The number of anilines is 1. The third-order valence-electron chi connectivity index (χ3n) is 3.14. The number of rotatable bonds is 7. The maximum absolute atomic E-state index is 5.23. The minimum Gasteiger partial charge on any atom is -0.383 e. The van der Waals surface area contributed by atoms with Gasteiger partial charge in [0.05, 0.1) is 6.61 Å². The maximum Gasteiger partial charge on any atom is 0.0663 e. The molecule has 0 fully saturated rings. The lowest BCUT2D eigenvalue weighted by molar-refractivity contribution is 0.183. The van der Waals surface area contributed by atoms with Gasteiger partial charge in [0.1, 0.15) is 0 Å². The minimum atomic E-state index is 0.371. The van der Waals surface area contributed by atoms with Crippen molar-refractivity contribution in [3.05, 3.63) is 29.8 Å². The highest BCUT2D eigenvalue weighted by Crippen LogP contribution is 2.21. The fourth-order valence-electron chi connectivity index (χ4n) is 1.91. The zero-order valence-electron chi connectivity index (χ0n) is 12.2. The summed E-state index contributed by atoms with van der Waals surface area (Å²) in [7, 11) is 3.87. The lowest BCUT2D eigenvalue weighted by atomic mass is 10.1. The first-order valence-corrected chi connectivity index (χ1v) is 6.59. The van der Waals surface area contributed by atoms with Crippen LogP contribution in [0.1, 0.15) is 26.3 Å². The van der Waals surface area contributed by atoms with Gasteiger partial charge < -0.3 is 15.0 Å². The molecule has 1 unspecified atom stereocenters. The number of ether oxygens (including phenoxy) is 1. The zero-order valence-corrected chi connectivity index (χ0v) is 12.2. The Labute approximate surface area is 111 Å². The van der Waals surface area contributed by atoms with Gasteiger partial charge in [-0.25, -0.2) is 0 Å². The molecule has 1 aromatic rings. The topological polar surface area (TPSA) is 24.5 Å². The van der Waals surface area contributed by atoms with Crippen molar-refractivity contribution in [3.63, 3.8) is 0 Å². The van der Waals surface area contributed by atoms with E-state index in [0.717, 1.165) is 13.2 Å². The summed E-state index contributed by atoms with van der Waals surface area (Å²) >= 11 is 0. The van der Waals surface area contributed by atoms with Crippen LogP contribution in [0.4, 0.5) is 5.69 Å². The van der Waals surface area contributed by atoms with Crippen LogP contribution in [0.3, 0.4) is 0 Å². The Morgan fingerprint density at radius 1 is 1.22 bits per heavy atom. The third-order valence-corrected chi connectivity index (χ3v) is 3.14. The standard InChI is InChI=1S/C15H26N2O/c1-12(2)16-10-14-8-6-7-9-15(14)17(4)13(3)11-18-5/h6-9,12-13,16H,10-11H2,1-5H3. The number of nitrogens with one attached hydrogen (secondary N) is 1. The van der Waals surface area contributed by atoms with Crippen molar-refractivity contribution < 1.29 is 4.74 Å². The number of para-hydroxylation sites is 1. The monoisotopic (exact) mass is 250 g/mol. The number of nitrogens with zero attached hydrogens (tertiary/aromatic N) is 1. The van der Waals surface area contributed by atoms with Crippen molar-refractivity contribution >= 4 is 5.69 Å². The van der Waals surface area contributed by atoms with Gasteiger partial charge in [0.25, 0.3) is 0 Å². The second-order valence-corrected chi connectivity index (χ2v) is 5.08. The first kappa shape index (κ1) is 15.0. The normalized spacial score (nSPS) is 12.8. The molecule has 3 heteroatoms. The second kappa shape index (κ2) is 7.39. The van der Waals surface area contributed by atoms with E-state index in [1.165, 1.54) is 11.3 Å². The Balaban J connectivity index is 2.80. The Hall–Kier alpha value is -1.06. The molecule has 0 aliphatic heterocycles. The van der Waals surface area contributed by atoms with E-state index in [2.05, 4.69) is 62.3 Å². The van der Waals surface area contributed by atoms with E-state index in [-0.39, 0.29) is 0 Å². The lowest BCUT2D eigenvalue weighted by Gasteiger charge is -2.28. The van der Waals surface area contributed by atoms with Gasteiger partial charge in [0.15, 0.2) is 0 Å². The van der Waals surface area contributed by atoms with Crippen molar-refractivity contribution in [3.8, 4) is 0 Å². The minimum absolute atomic E-state index is 0.371. The summed E-state index contributed by atoms with van der Waals surface area (Å²) in [4.78, 5) is 2.28. The number of hydrogen-bond donors (Lipinski definition) is 1. The summed E-state index contributed by atoms with van der Waals surface area (Å²) in [6.45, 7) is 8.15. The number of benzene rings is 1. The fraction of sp³-hybridized carbons (Fsp3) is 0.600. The van der Waals surface area contributed by atoms with Gasteiger partial charge >= 0.3 is 0 Å². The molecule has 0 amide bonds. The molecule has 0 aromatic heterocycles. The summed E-state index contributed by atoms with van der Waals surface area (Å²) in [5.41, 5.74) is 2.60. The quantitative estimate of drug-likeness (QED) is 0.805. The molecular formula is C15H26N2O. The van der Waals surface area contributed by atoms with Crippen LogP contribution in [-0.2, 0) is 11.3 Å². The Bertz CT molecular complexity index is 352. The number of likely N-dealkylation sites (N-methyl/N-ethyl adjacent to an activating group) is 1. The van der Waals surface area contributed by atoms with Crippen LogP contribution in [0.5, 0.6) is 0 Å². The summed E-state index contributed by atoms with van der Waals surface area (Å²) < 4.78 is 5.23. The van der Waals surface area contributed by atoms with Crippen LogP contribution in [-0.4, -0.2) is 32.8 Å². The van der Waals surface area contributed by atoms with Crippen molar-refractivity contribution in [1.82, 2.24) is 5.32 Å². The van der Waals surface area contributed by atoms with E-state index in [1.807, 2.05) is 0 Å². The van der Waals surface area contributed by atoms with E-state index >= 15 is 0 Å². The van der Waals surface area contributed by atoms with Crippen LogP contribution in [0.15, 0.2) is 24.3 Å². The van der Waals surface area contributed by atoms with Crippen LogP contribution in [0, 0.1) is 0 Å². The third kappa shape index (κ3) is 4.31. The van der Waals surface area contributed by atoms with E-state index in [1.54, 1.807) is 7.11 Å². The van der Waals surface area contributed by atoms with Crippen LogP contribution in [0.25, 0.3) is 0 Å². The van der Waals surface area contributed by atoms with Gasteiger partial charge in [-0.1, -0.05) is 32.0 Å². The first-order chi connectivity index (χ1) is 8.56.